The summed E-state index contributed by atoms with van der Waals surface area (Å²) in [6.07, 6.45) is 0. The molecular weight excluding hydrogens is 346 g/mol. The molecule has 1 aromatic heterocycles. The van der Waals surface area contributed by atoms with Gasteiger partial charge in [0, 0.05) is 12.1 Å². The first-order valence-corrected chi connectivity index (χ1v) is 7.87. The monoisotopic (exact) mass is 357 g/mol. The molecule has 0 radical (unpaired) electrons. The second-order valence-corrected chi connectivity index (χ2v) is 6.27. The number of thiazole rings is 1. The summed E-state index contributed by atoms with van der Waals surface area (Å²) in [5.41, 5.74) is 0.951. The van der Waals surface area contributed by atoms with Gasteiger partial charge in [-0.25, -0.2) is 9.78 Å². The minimum absolute atomic E-state index is 0.0257. The van der Waals surface area contributed by atoms with Crippen molar-refractivity contribution in [1.82, 2.24) is 4.98 Å². The first-order chi connectivity index (χ1) is 11.8. The van der Waals surface area contributed by atoms with Gasteiger partial charge < -0.3 is 5.11 Å². The number of amides is 1. The number of carbonyl (C=O) groups excluding carboxylic acids is 1. The third-order valence-corrected chi connectivity index (χ3v) is 4.40. The molecule has 9 heteroatoms. The predicted molar refractivity (Wildman–Crippen MR) is 92.4 cm³/mol. The van der Waals surface area contributed by atoms with Crippen LogP contribution in [0.25, 0.3) is 10.2 Å². The van der Waals surface area contributed by atoms with Gasteiger partial charge in [-0.15, -0.1) is 0 Å². The molecule has 0 saturated carbocycles. The van der Waals surface area contributed by atoms with Crippen LogP contribution in [0.5, 0.6) is 0 Å². The maximum absolute atomic E-state index is 12.4. The lowest BCUT2D eigenvalue weighted by Crippen LogP contribution is -2.16. The number of carboxylic acids is 1. The van der Waals surface area contributed by atoms with Crippen LogP contribution >= 0.6 is 11.3 Å². The van der Waals surface area contributed by atoms with Crippen LogP contribution in [0, 0.1) is 17.0 Å². The highest BCUT2D eigenvalue weighted by Gasteiger charge is 2.18. The van der Waals surface area contributed by atoms with Crippen molar-refractivity contribution >= 4 is 44.2 Å². The first kappa shape index (κ1) is 16.5. The SMILES string of the molecule is Cc1ccc(C(=O)O)c(C(=O)Nc2nc3cc([N+](=O)[O-])ccc3s2)c1. The van der Waals surface area contributed by atoms with Crippen LogP contribution < -0.4 is 5.32 Å². The fourth-order valence-corrected chi connectivity index (χ4v) is 3.12. The zero-order valence-electron chi connectivity index (χ0n) is 12.8. The van der Waals surface area contributed by atoms with Gasteiger partial charge in [0.15, 0.2) is 5.13 Å². The summed E-state index contributed by atoms with van der Waals surface area (Å²) in [6.45, 7) is 1.75. The largest absolute Gasteiger partial charge is 0.478 e. The van der Waals surface area contributed by atoms with E-state index in [4.69, 9.17) is 0 Å². The van der Waals surface area contributed by atoms with Gasteiger partial charge in [-0.1, -0.05) is 23.0 Å². The number of non-ortho nitro benzene ring substituents is 1. The van der Waals surface area contributed by atoms with E-state index in [1.165, 1.54) is 24.3 Å². The smallest absolute Gasteiger partial charge is 0.336 e. The number of aromatic nitrogens is 1. The van der Waals surface area contributed by atoms with Gasteiger partial charge in [0.05, 0.1) is 26.3 Å². The number of carbonyl (C=O) groups is 2. The van der Waals surface area contributed by atoms with Crippen LogP contribution in [-0.4, -0.2) is 26.9 Å². The van der Waals surface area contributed by atoms with E-state index >= 15 is 0 Å². The topological polar surface area (TPSA) is 122 Å². The Morgan fingerprint density at radius 3 is 2.64 bits per heavy atom. The Kier molecular flexibility index (Phi) is 4.15. The zero-order chi connectivity index (χ0) is 18.1. The normalized spacial score (nSPS) is 10.6. The molecule has 0 aliphatic heterocycles. The summed E-state index contributed by atoms with van der Waals surface area (Å²) in [6, 6.07) is 8.68. The van der Waals surface area contributed by atoms with Crippen molar-refractivity contribution in [3.8, 4) is 0 Å². The highest BCUT2D eigenvalue weighted by Crippen LogP contribution is 2.29. The lowest BCUT2D eigenvalue weighted by molar-refractivity contribution is -0.384. The fourth-order valence-electron chi connectivity index (χ4n) is 2.28. The van der Waals surface area contributed by atoms with Crippen molar-refractivity contribution in [3.05, 3.63) is 63.2 Å². The van der Waals surface area contributed by atoms with E-state index in [0.717, 1.165) is 16.9 Å². The summed E-state index contributed by atoms with van der Waals surface area (Å²) >= 11 is 1.15. The lowest BCUT2D eigenvalue weighted by Gasteiger charge is -2.06. The summed E-state index contributed by atoms with van der Waals surface area (Å²) < 4.78 is 0.670. The maximum Gasteiger partial charge on any atom is 0.336 e. The van der Waals surface area contributed by atoms with E-state index in [2.05, 4.69) is 10.3 Å². The number of hydrogen-bond donors (Lipinski definition) is 2. The summed E-state index contributed by atoms with van der Waals surface area (Å²) in [7, 11) is 0. The number of nitrogens with zero attached hydrogens (tertiary/aromatic N) is 2. The Labute approximate surface area is 144 Å². The predicted octanol–water partition coefficient (Wildman–Crippen LogP) is 3.46. The summed E-state index contributed by atoms with van der Waals surface area (Å²) in [4.78, 5) is 38.1. The highest BCUT2D eigenvalue weighted by molar-refractivity contribution is 7.22. The molecule has 2 N–H and O–H groups in total. The average Bonchev–Trinajstić information content (AvgIpc) is 2.95. The number of aromatic carboxylic acids is 1. The molecule has 1 heterocycles. The van der Waals surface area contributed by atoms with Crippen molar-refractivity contribution < 1.29 is 19.6 Å². The number of nitro groups is 1. The van der Waals surface area contributed by atoms with Crippen molar-refractivity contribution in [2.24, 2.45) is 0 Å². The quantitative estimate of drug-likeness (QED) is 0.544. The van der Waals surface area contributed by atoms with Crippen LogP contribution in [0.3, 0.4) is 0 Å². The second-order valence-electron chi connectivity index (χ2n) is 5.24. The second kappa shape index (κ2) is 6.29. The van der Waals surface area contributed by atoms with Crippen molar-refractivity contribution in [2.45, 2.75) is 6.92 Å². The highest BCUT2D eigenvalue weighted by atomic mass is 32.1. The molecule has 126 valence electrons. The van der Waals surface area contributed by atoms with E-state index in [-0.39, 0.29) is 21.9 Å². The molecule has 0 atom stereocenters. The van der Waals surface area contributed by atoms with E-state index < -0.39 is 16.8 Å². The molecule has 0 saturated heterocycles. The minimum Gasteiger partial charge on any atom is -0.478 e. The van der Waals surface area contributed by atoms with E-state index in [9.17, 15) is 24.8 Å². The molecule has 0 aliphatic carbocycles. The van der Waals surface area contributed by atoms with Crippen molar-refractivity contribution in [1.29, 1.82) is 0 Å². The number of rotatable bonds is 4. The molecular formula is C16H11N3O5S. The molecule has 2 aromatic carbocycles. The van der Waals surface area contributed by atoms with Crippen LogP contribution in [0.15, 0.2) is 36.4 Å². The number of carboxylic acid groups (broad SMARTS) is 1. The number of hydrogen-bond acceptors (Lipinski definition) is 6. The molecule has 0 fully saturated rings. The van der Waals surface area contributed by atoms with Crippen molar-refractivity contribution in [2.75, 3.05) is 5.32 Å². The number of aryl methyl sites for hydroxylation is 1. The van der Waals surface area contributed by atoms with E-state index in [1.807, 2.05) is 0 Å². The van der Waals surface area contributed by atoms with Crippen LogP contribution in [0.1, 0.15) is 26.3 Å². The average molecular weight is 357 g/mol. The number of nitro benzene ring substituents is 1. The summed E-state index contributed by atoms with van der Waals surface area (Å²) in [5, 5.41) is 22.8. The fraction of sp³-hybridized carbons (Fsp3) is 0.0625. The number of benzene rings is 2. The Bertz CT molecular complexity index is 1030. The third-order valence-electron chi connectivity index (χ3n) is 3.45. The molecule has 0 aliphatic rings. The first-order valence-electron chi connectivity index (χ1n) is 7.05. The van der Waals surface area contributed by atoms with Gasteiger partial charge >= 0.3 is 5.97 Å². The van der Waals surface area contributed by atoms with Crippen molar-refractivity contribution in [3.63, 3.8) is 0 Å². The Balaban J connectivity index is 1.93. The Morgan fingerprint density at radius 2 is 1.96 bits per heavy atom. The molecule has 0 spiro atoms. The molecule has 0 bridgehead atoms. The molecule has 3 rings (SSSR count). The Morgan fingerprint density at radius 1 is 1.20 bits per heavy atom. The van der Waals surface area contributed by atoms with Gasteiger partial charge in [0.2, 0.25) is 0 Å². The minimum atomic E-state index is -1.20. The molecule has 3 aromatic rings. The van der Waals surface area contributed by atoms with Gasteiger partial charge in [-0.3, -0.25) is 20.2 Å². The lowest BCUT2D eigenvalue weighted by atomic mass is 10.0. The van der Waals surface area contributed by atoms with E-state index in [1.54, 1.807) is 19.1 Å². The van der Waals surface area contributed by atoms with Gasteiger partial charge in [-0.2, -0.15) is 0 Å². The molecule has 8 nitrogen and oxygen atoms in total. The standard InChI is InChI=1S/C16H11N3O5S/c1-8-2-4-10(15(21)22)11(6-8)14(20)18-16-17-12-7-9(19(23)24)3-5-13(12)25-16/h2-7H,1H3,(H,21,22)(H,17,18,20). The van der Waals surface area contributed by atoms with Crippen LogP contribution in [-0.2, 0) is 0 Å². The molecule has 0 unspecified atom stereocenters. The van der Waals surface area contributed by atoms with Crippen LogP contribution in [0.4, 0.5) is 10.8 Å². The molecule has 25 heavy (non-hydrogen) atoms. The molecule has 1 amide bonds. The van der Waals surface area contributed by atoms with Crippen LogP contribution in [0.2, 0.25) is 0 Å². The maximum atomic E-state index is 12.4. The van der Waals surface area contributed by atoms with Gasteiger partial charge in [-0.05, 0) is 25.1 Å². The number of nitrogens with one attached hydrogen (secondary N) is 1. The third kappa shape index (κ3) is 3.31. The number of anilines is 1. The number of fused-ring (bicyclic) bond motifs is 1. The zero-order valence-corrected chi connectivity index (χ0v) is 13.7. The Hall–Kier alpha value is -3.33. The van der Waals surface area contributed by atoms with Gasteiger partial charge in [0.25, 0.3) is 11.6 Å². The van der Waals surface area contributed by atoms with E-state index in [0.29, 0.717) is 10.2 Å². The summed E-state index contributed by atoms with van der Waals surface area (Å²) in [5.74, 6) is -1.81. The van der Waals surface area contributed by atoms with Gasteiger partial charge in [0.1, 0.15) is 0 Å².